The summed E-state index contributed by atoms with van der Waals surface area (Å²) < 4.78 is 26.0. The predicted molar refractivity (Wildman–Crippen MR) is 191 cm³/mol. The van der Waals surface area contributed by atoms with Crippen LogP contribution in [0, 0.1) is 17.8 Å². The molecular formula is C39H51N5O3S. The maximum Gasteiger partial charge on any atom is 0.314 e. The molecule has 9 heteroatoms. The number of sulfone groups is 1. The number of nitrogens with one attached hydrogen (secondary N) is 2. The Morgan fingerprint density at radius 3 is 2.25 bits per heavy atom. The number of rotatable bonds is 9. The van der Waals surface area contributed by atoms with Gasteiger partial charge in [0.2, 0.25) is 9.84 Å². The molecule has 1 saturated carbocycles. The van der Waals surface area contributed by atoms with Crippen LogP contribution in [-0.4, -0.2) is 83.2 Å². The summed E-state index contributed by atoms with van der Waals surface area (Å²) in [5.41, 5.74) is 4.14. The monoisotopic (exact) mass is 669 g/mol. The molecule has 3 aromatic rings. The molecule has 1 aliphatic carbocycles. The van der Waals surface area contributed by atoms with E-state index in [1.165, 1.54) is 18.4 Å². The van der Waals surface area contributed by atoms with Gasteiger partial charge >= 0.3 is 6.03 Å². The van der Waals surface area contributed by atoms with Gasteiger partial charge in [-0.15, -0.1) is 0 Å². The van der Waals surface area contributed by atoms with Crippen LogP contribution in [0.25, 0.3) is 0 Å². The molecule has 0 radical (unpaired) electrons. The summed E-state index contributed by atoms with van der Waals surface area (Å²) in [6.07, 6.45) is 5.75. The van der Waals surface area contributed by atoms with Crippen molar-refractivity contribution in [3.05, 3.63) is 90.0 Å². The third-order valence-electron chi connectivity index (χ3n) is 11.9. The number of carbonyl (C=O) groups excluding carboxylic acids is 1. The van der Waals surface area contributed by atoms with Crippen molar-refractivity contribution in [3.63, 3.8) is 0 Å². The summed E-state index contributed by atoms with van der Waals surface area (Å²) in [4.78, 5) is 20.9. The van der Waals surface area contributed by atoms with Gasteiger partial charge in [0.25, 0.3) is 0 Å². The van der Waals surface area contributed by atoms with Crippen molar-refractivity contribution in [1.29, 1.82) is 0 Å². The fourth-order valence-corrected chi connectivity index (χ4v) is 10.8. The standard InChI is InChI=1S/C39H51N5O3S/c1-3-42-27-30-10-7-8-13-35(30)39(28-42,36-14-9-15-37(36)41-38(45)40-2)31-20-22-43(23-21-31)24-29-25-44(26-29)32-16-18-34(19-17-32)48(46,47)33-11-5-4-6-12-33/h4-8,10-13,16-19,29,31,36-37H,3,9,14-15,20-28H2,1-2H3,(H2,40,41,45)/t36-,37-,39?/m0/s1. The molecule has 3 aromatic carbocycles. The molecule has 0 aromatic heterocycles. The van der Waals surface area contributed by atoms with E-state index in [1.807, 2.05) is 18.2 Å². The number of anilines is 1. The van der Waals surface area contributed by atoms with Gasteiger partial charge in [0, 0.05) is 62.8 Å². The van der Waals surface area contributed by atoms with E-state index in [1.54, 1.807) is 49.0 Å². The molecule has 2 N–H and O–H groups in total. The SMILES string of the molecule is CCN1Cc2ccccc2C(C2CCN(CC3CN(c4ccc(S(=O)(=O)c5ccccc5)cc4)C3)CC2)([C@H]2CCC[C@@H]2NC(=O)NC)C1. The van der Waals surface area contributed by atoms with Crippen LogP contribution in [0.3, 0.4) is 0 Å². The van der Waals surface area contributed by atoms with Crippen molar-refractivity contribution in [2.24, 2.45) is 17.8 Å². The van der Waals surface area contributed by atoms with Crippen molar-refractivity contribution in [2.45, 2.75) is 66.8 Å². The van der Waals surface area contributed by atoms with Gasteiger partial charge in [-0.05, 0) is 105 Å². The van der Waals surface area contributed by atoms with E-state index in [9.17, 15) is 13.2 Å². The maximum atomic E-state index is 13.0. The average molecular weight is 670 g/mol. The topological polar surface area (TPSA) is 85.0 Å². The molecule has 1 unspecified atom stereocenters. The number of piperidine rings is 1. The van der Waals surface area contributed by atoms with E-state index in [-0.39, 0.29) is 17.5 Å². The van der Waals surface area contributed by atoms with Crippen LogP contribution < -0.4 is 15.5 Å². The first-order chi connectivity index (χ1) is 23.3. The second kappa shape index (κ2) is 13.8. The molecule has 256 valence electrons. The molecule has 0 spiro atoms. The summed E-state index contributed by atoms with van der Waals surface area (Å²) in [5.74, 6) is 1.62. The summed E-state index contributed by atoms with van der Waals surface area (Å²) in [7, 11) is -1.78. The van der Waals surface area contributed by atoms with Crippen LogP contribution in [0.15, 0.2) is 88.7 Å². The lowest BCUT2D eigenvalue weighted by Gasteiger charge is -2.55. The minimum atomic E-state index is -3.50. The van der Waals surface area contributed by atoms with E-state index < -0.39 is 9.84 Å². The molecule has 3 heterocycles. The second-order valence-electron chi connectivity index (χ2n) is 14.5. The van der Waals surface area contributed by atoms with Crippen LogP contribution in [0.2, 0.25) is 0 Å². The van der Waals surface area contributed by atoms with E-state index in [0.29, 0.717) is 27.5 Å². The molecule has 0 bridgehead atoms. The zero-order chi connectivity index (χ0) is 33.3. The van der Waals surface area contributed by atoms with Crippen LogP contribution in [0.5, 0.6) is 0 Å². The zero-order valence-corrected chi connectivity index (χ0v) is 29.3. The quantitative estimate of drug-likeness (QED) is 0.312. The normalized spacial score (nSPS) is 25.8. The Morgan fingerprint density at radius 1 is 0.854 bits per heavy atom. The fraction of sp³-hybridized carbons (Fsp3) is 0.513. The number of fused-ring (bicyclic) bond motifs is 1. The minimum Gasteiger partial charge on any atom is -0.371 e. The first-order valence-corrected chi connectivity index (χ1v) is 19.5. The molecule has 8 nitrogen and oxygen atoms in total. The number of likely N-dealkylation sites (N-methyl/N-ethyl adjacent to an activating group) is 1. The van der Waals surface area contributed by atoms with Crippen LogP contribution >= 0.6 is 0 Å². The highest BCUT2D eigenvalue weighted by Crippen LogP contribution is 2.53. The molecule has 3 atom stereocenters. The summed E-state index contributed by atoms with van der Waals surface area (Å²) >= 11 is 0. The lowest BCUT2D eigenvalue weighted by Crippen LogP contribution is -2.60. The number of carbonyl (C=O) groups is 1. The van der Waals surface area contributed by atoms with Crippen molar-refractivity contribution < 1.29 is 13.2 Å². The summed E-state index contributed by atoms with van der Waals surface area (Å²) in [5, 5.41) is 6.19. The summed E-state index contributed by atoms with van der Waals surface area (Å²) in [6, 6.07) is 25.4. The molecule has 3 fully saturated rings. The maximum absolute atomic E-state index is 13.0. The molecule has 48 heavy (non-hydrogen) atoms. The Balaban J connectivity index is 1.01. The van der Waals surface area contributed by atoms with Gasteiger partial charge in [0.1, 0.15) is 0 Å². The van der Waals surface area contributed by atoms with Crippen molar-refractivity contribution in [1.82, 2.24) is 20.4 Å². The van der Waals surface area contributed by atoms with Gasteiger partial charge in [-0.3, -0.25) is 4.90 Å². The Morgan fingerprint density at radius 2 is 1.54 bits per heavy atom. The zero-order valence-electron chi connectivity index (χ0n) is 28.5. The highest BCUT2D eigenvalue weighted by atomic mass is 32.2. The fourth-order valence-electron chi connectivity index (χ4n) is 9.51. The Labute approximate surface area is 286 Å². The van der Waals surface area contributed by atoms with E-state index in [2.05, 4.69) is 56.5 Å². The van der Waals surface area contributed by atoms with Gasteiger partial charge in [0.05, 0.1) is 9.79 Å². The average Bonchev–Trinajstić information content (AvgIpc) is 3.58. The van der Waals surface area contributed by atoms with Crippen molar-refractivity contribution >= 4 is 21.6 Å². The lowest BCUT2D eigenvalue weighted by molar-refractivity contribution is 0.0288. The Bertz CT molecular complexity index is 1670. The van der Waals surface area contributed by atoms with Crippen molar-refractivity contribution in [2.75, 3.05) is 57.8 Å². The molecule has 2 amide bonds. The number of urea groups is 1. The van der Waals surface area contributed by atoms with E-state index in [4.69, 9.17) is 0 Å². The van der Waals surface area contributed by atoms with Gasteiger partial charge in [-0.25, -0.2) is 13.2 Å². The van der Waals surface area contributed by atoms with Crippen LogP contribution in [0.4, 0.5) is 10.5 Å². The Hall–Kier alpha value is -3.40. The Kier molecular flexibility index (Phi) is 9.55. The van der Waals surface area contributed by atoms with Gasteiger partial charge in [-0.2, -0.15) is 0 Å². The molecule has 4 aliphatic rings. The van der Waals surface area contributed by atoms with E-state index >= 15 is 0 Å². The second-order valence-corrected chi connectivity index (χ2v) is 16.5. The predicted octanol–water partition coefficient (Wildman–Crippen LogP) is 5.54. The van der Waals surface area contributed by atoms with Crippen molar-refractivity contribution in [3.8, 4) is 0 Å². The summed E-state index contributed by atoms with van der Waals surface area (Å²) in [6.45, 7) is 10.8. The van der Waals surface area contributed by atoms with Crippen LogP contribution in [-0.2, 0) is 21.8 Å². The molecule has 3 aliphatic heterocycles. The first kappa shape index (κ1) is 33.1. The number of nitrogens with zero attached hydrogens (tertiary/aromatic N) is 3. The largest absolute Gasteiger partial charge is 0.371 e. The molecule has 2 saturated heterocycles. The highest BCUT2D eigenvalue weighted by molar-refractivity contribution is 7.91. The third kappa shape index (κ3) is 6.25. The number of amides is 2. The van der Waals surface area contributed by atoms with Gasteiger partial charge in [-0.1, -0.05) is 55.8 Å². The third-order valence-corrected chi connectivity index (χ3v) is 13.7. The number of hydrogen-bond acceptors (Lipinski definition) is 6. The minimum absolute atomic E-state index is 0.0343. The smallest absolute Gasteiger partial charge is 0.314 e. The van der Waals surface area contributed by atoms with Gasteiger partial charge in [0.15, 0.2) is 0 Å². The molecular weight excluding hydrogens is 619 g/mol. The number of benzene rings is 3. The highest BCUT2D eigenvalue weighted by Gasteiger charge is 2.54. The van der Waals surface area contributed by atoms with E-state index in [0.717, 1.165) is 77.3 Å². The number of hydrogen-bond donors (Lipinski definition) is 2. The first-order valence-electron chi connectivity index (χ1n) is 18.0. The number of likely N-dealkylation sites (tertiary alicyclic amines) is 1. The molecule has 7 rings (SSSR count). The van der Waals surface area contributed by atoms with Gasteiger partial charge < -0.3 is 20.4 Å². The van der Waals surface area contributed by atoms with Crippen LogP contribution in [0.1, 0.15) is 50.2 Å². The lowest BCUT2D eigenvalue weighted by atomic mass is 9.56.